The predicted molar refractivity (Wildman–Crippen MR) is 80.5 cm³/mol. The van der Waals surface area contributed by atoms with E-state index < -0.39 is 10.0 Å². The maximum absolute atomic E-state index is 12.5. The minimum Gasteiger partial charge on any atom is -0.206 e. The Morgan fingerprint density at radius 2 is 1.95 bits per heavy atom. The van der Waals surface area contributed by atoms with E-state index in [1.165, 1.54) is 11.3 Å². The number of aryl methyl sites for hydroxylation is 1. The largest absolute Gasteiger partial charge is 0.252 e. The van der Waals surface area contributed by atoms with Crippen molar-refractivity contribution in [1.29, 1.82) is 0 Å². The first kappa shape index (κ1) is 15.3. The summed E-state index contributed by atoms with van der Waals surface area (Å²) in [6.45, 7) is 5.64. The van der Waals surface area contributed by atoms with Crippen molar-refractivity contribution >= 4 is 33.0 Å². The van der Waals surface area contributed by atoms with Crippen LogP contribution in [0.25, 0.3) is 0 Å². The van der Waals surface area contributed by atoms with E-state index in [-0.39, 0.29) is 5.41 Å². The summed E-state index contributed by atoms with van der Waals surface area (Å²) in [5, 5.41) is 0. The quantitative estimate of drug-likeness (QED) is 0.798. The molecule has 1 aromatic heterocycles. The molecule has 1 aromatic rings. The number of hydrogen-bond acceptors (Lipinski definition) is 3. The van der Waals surface area contributed by atoms with Crippen LogP contribution in [0, 0.1) is 5.41 Å². The maximum Gasteiger partial charge on any atom is 0.252 e. The Kier molecular flexibility index (Phi) is 4.60. The van der Waals surface area contributed by atoms with Crippen LogP contribution in [0.2, 0.25) is 0 Å². The van der Waals surface area contributed by atoms with Gasteiger partial charge in [-0.15, -0.1) is 22.9 Å². The molecule has 0 aromatic carbocycles. The number of sulfonamides is 1. The maximum atomic E-state index is 12.5. The van der Waals surface area contributed by atoms with Crippen LogP contribution in [0.1, 0.15) is 31.6 Å². The average Bonchev–Trinajstić information content (AvgIpc) is 2.78. The molecular weight excluding hydrogens is 302 g/mol. The zero-order valence-electron chi connectivity index (χ0n) is 11.4. The molecule has 19 heavy (non-hydrogen) atoms. The first-order valence-electron chi connectivity index (χ1n) is 6.50. The van der Waals surface area contributed by atoms with E-state index in [0.29, 0.717) is 23.2 Å². The summed E-state index contributed by atoms with van der Waals surface area (Å²) in [6.07, 6.45) is 2.58. The minimum atomic E-state index is -3.30. The van der Waals surface area contributed by atoms with Crippen molar-refractivity contribution in [3.05, 3.63) is 17.0 Å². The molecule has 2 rings (SSSR count). The summed E-state index contributed by atoms with van der Waals surface area (Å²) < 4.78 is 27.1. The summed E-state index contributed by atoms with van der Waals surface area (Å²) in [6, 6.07) is 3.58. The van der Waals surface area contributed by atoms with Gasteiger partial charge in [0.05, 0.1) is 0 Å². The molecule has 0 amide bonds. The zero-order valence-corrected chi connectivity index (χ0v) is 13.7. The molecule has 0 aliphatic carbocycles. The summed E-state index contributed by atoms with van der Waals surface area (Å²) in [7, 11) is -3.30. The van der Waals surface area contributed by atoms with E-state index >= 15 is 0 Å². The lowest BCUT2D eigenvalue weighted by atomic mass is 9.83. The Morgan fingerprint density at radius 3 is 2.53 bits per heavy atom. The van der Waals surface area contributed by atoms with Crippen molar-refractivity contribution in [3.63, 3.8) is 0 Å². The summed E-state index contributed by atoms with van der Waals surface area (Å²) >= 11 is 7.03. The highest BCUT2D eigenvalue weighted by Crippen LogP contribution is 2.33. The second-order valence-corrected chi connectivity index (χ2v) is 9.44. The number of alkyl halides is 1. The summed E-state index contributed by atoms with van der Waals surface area (Å²) in [5.74, 6) is 0.526. The zero-order chi connectivity index (χ0) is 14.1. The van der Waals surface area contributed by atoms with Crippen molar-refractivity contribution in [3.8, 4) is 0 Å². The Labute approximate surface area is 124 Å². The van der Waals surface area contributed by atoms with Gasteiger partial charge in [-0.05, 0) is 36.8 Å². The highest BCUT2D eigenvalue weighted by molar-refractivity contribution is 7.91. The van der Waals surface area contributed by atoms with Gasteiger partial charge in [0.15, 0.2) is 0 Å². The van der Waals surface area contributed by atoms with Crippen molar-refractivity contribution in [1.82, 2.24) is 4.31 Å². The highest BCUT2D eigenvalue weighted by Gasteiger charge is 2.33. The Balaban J connectivity index is 2.13. The molecule has 3 nitrogen and oxygen atoms in total. The van der Waals surface area contributed by atoms with Crippen LogP contribution in [0.5, 0.6) is 0 Å². The standard InChI is InChI=1S/C13H20ClNO2S2/c1-13(2)6-9-15(10-7-13)19(16,17)12-4-3-11(18-12)5-8-14/h3-4H,5-10H2,1-2H3. The van der Waals surface area contributed by atoms with Gasteiger partial charge in [-0.25, -0.2) is 8.42 Å². The molecule has 0 saturated carbocycles. The van der Waals surface area contributed by atoms with Gasteiger partial charge in [0, 0.05) is 23.8 Å². The SMILES string of the molecule is CC1(C)CCN(S(=O)(=O)c2ccc(CCCl)s2)CC1. The van der Waals surface area contributed by atoms with E-state index in [9.17, 15) is 8.42 Å². The Hall–Kier alpha value is -0.100. The fourth-order valence-electron chi connectivity index (χ4n) is 2.18. The van der Waals surface area contributed by atoms with Crippen LogP contribution >= 0.6 is 22.9 Å². The molecule has 0 radical (unpaired) electrons. The fraction of sp³-hybridized carbons (Fsp3) is 0.692. The normalized spacial score (nSPS) is 20.6. The molecule has 0 bridgehead atoms. The summed E-state index contributed by atoms with van der Waals surface area (Å²) in [4.78, 5) is 1.03. The summed E-state index contributed by atoms with van der Waals surface area (Å²) in [5.41, 5.74) is 0.255. The molecule has 2 heterocycles. The molecule has 6 heteroatoms. The van der Waals surface area contributed by atoms with Crippen LogP contribution in [-0.4, -0.2) is 31.7 Å². The van der Waals surface area contributed by atoms with Gasteiger partial charge < -0.3 is 0 Å². The molecule has 1 fully saturated rings. The molecule has 0 spiro atoms. The van der Waals surface area contributed by atoms with Gasteiger partial charge in [0.1, 0.15) is 4.21 Å². The van der Waals surface area contributed by atoms with Crippen molar-refractivity contribution < 1.29 is 8.42 Å². The van der Waals surface area contributed by atoms with Crippen LogP contribution in [-0.2, 0) is 16.4 Å². The first-order valence-corrected chi connectivity index (χ1v) is 9.29. The van der Waals surface area contributed by atoms with Gasteiger partial charge in [-0.2, -0.15) is 4.31 Å². The van der Waals surface area contributed by atoms with Gasteiger partial charge in [0.25, 0.3) is 10.0 Å². The lowest BCUT2D eigenvalue weighted by Crippen LogP contribution is -2.40. The molecule has 0 atom stereocenters. The average molecular weight is 322 g/mol. The second kappa shape index (κ2) is 5.72. The number of hydrogen-bond donors (Lipinski definition) is 0. The van der Waals surface area contributed by atoms with Gasteiger partial charge in [0.2, 0.25) is 0 Å². The van der Waals surface area contributed by atoms with Crippen molar-refractivity contribution in [2.75, 3.05) is 19.0 Å². The van der Waals surface area contributed by atoms with Crippen LogP contribution in [0.15, 0.2) is 16.3 Å². The van der Waals surface area contributed by atoms with Crippen LogP contribution in [0.4, 0.5) is 0 Å². The molecule has 0 N–H and O–H groups in total. The molecule has 1 aliphatic heterocycles. The van der Waals surface area contributed by atoms with E-state index in [0.717, 1.165) is 24.1 Å². The highest BCUT2D eigenvalue weighted by atomic mass is 35.5. The number of thiophene rings is 1. The van der Waals surface area contributed by atoms with Crippen LogP contribution < -0.4 is 0 Å². The van der Waals surface area contributed by atoms with Gasteiger partial charge in [-0.3, -0.25) is 0 Å². The predicted octanol–water partition coefficient (Wildman–Crippen LogP) is 3.34. The monoisotopic (exact) mass is 321 g/mol. The van der Waals surface area contributed by atoms with Gasteiger partial charge in [-0.1, -0.05) is 13.8 Å². The first-order chi connectivity index (χ1) is 8.85. The molecule has 108 valence electrons. The lowest BCUT2D eigenvalue weighted by molar-refractivity contribution is 0.196. The number of halogens is 1. The van der Waals surface area contributed by atoms with Gasteiger partial charge >= 0.3 is 0 Å². The van der Waals surface area contributed by atoms with Crippen molar-refractivity contribution in [2.24, 2.45) is 5.41 Å². The lowest BCUT2D eigenvalue weighted by Gasteiger charge is -2.35. The van der Waals surface area contributed by atoms with Crippen LogP contribution in [0.3, 0.4) is 0 Å². The fourth-order valence-corrected chi connectivity index (χ4v) is 5.45. The smallest absolute Gasteiger partial charge is 0.206 e. The third-order valence-corrected chi connectivity index (χ3v) is 7.35. The van der Waals surface area contributed by atoms with Crippen molar-refractivity contribution in [2.45, 2.75) is 37.3 Å². The molecule has 0 unspecified atom stereocenters. The van der Waals surface area contributed by atoms with E-state index in [4.69, 9.17) is 11.6 Å². The second-order valence-electron chi connectivity index (χ2n) is 5.73. The molecule has 1 saturated heterocycles. The number of rotatable bonds is 4. The third kappa shape index (κ3) is 3.51. The van der Waals surface area contributed by atoms with E-state index in [2.05, 4.69) is 13.8 Å². The molecule has 1 aliphatic rings. The van der Waals surface area contributed by atoms with E-state index in [1.54, 1.807) is 10.4 Å². The minimum absolute atomic E-state index is 0.255. The Bertz CT molecular complexity index is 527. The number of piperidine rings is 1. The van der Waals surface area contributed by atoms with E-state index in [1.807, 2.05) is 6.07 Å². The Morgan fingerprint density at radius 1 is 1.32 bits per heavy atom. The number of nitrogens with zero attached hydrogens (tertiary/aromatic N) is 1. The topological polar surface area (TPSA) is 37.4 Å². The third-order valence-electron chi connectivity index (χ3n) is 3.65. The molecular formula is C13H20ClNO2S2.